The summed E-state index contributed by atoms with van der Waals surface area (Å²) in [6.45, 7) is 4.29. The standard InChI is InChI=1S/C56H37N5/c1-36-27-37(2)29-45(28-36)44-25-26-54-50(30-44)47-15-9-10-16-53(47)61(54)55-48(40-21-17-38(34-57)18-22-40)31-46(32-49(55)41-23-19-39(35-58)20-24-41)56-59-51(42-11-5-3-6-12-42)33-52(60-56)43-13-7-4-8-14-43/h3-33H,1-2H3. The van der Waals surface area contributed by atoms with E-state index in [1.165, 1.54) is 16.7 Å². The normalized spacial score (nSPS) is 11.1. The summed E-state index contributed by atoms with van der Waals surface area (Å²) in [5.41, 5.74) is 17.2. The van der Waals surface area contributed by atoms with Crippen molar-refractivity contribution < 1.29 is 0 Å². The fraction of sp³-hybridized carbons (Fsp3) is 0.0357. The van der Waals surface area contributed by atoms with Crippen LogP contribution in [0.4, 0.5) is 0 Å². The van der Waals surface area contributed by atoms with Crippen molar-refractivity contribution in [3.63, 3.8) is 0 Å². The second-order valence-electron chi connectivity index (χ2n) is 15.5. The zero-order valence-corrected chi connectivity index (χ0v) is 33.6. The Bertz CT molecular complexity index is 3210. The highest BCUT2D eigenvalue weighted by Gasteiger charge is 2.23. The molecule has 0 saturated heterocycles. The Morgan fingerprint density at radius 1 is 0.393 bits per heavy atom. The van der Waals surface area contributed by atoms with Gasteiger partial charge >= 0.3 is 0 Å². The molecule has 5 nitrogen and oxygen atoms in total. The second kappa shape index (κ2) is 15.4. The van der Waals surface area contributed by atoms with Crippen LogP contribution in [0.3, 0.4) is 0 Å². The van der Waals surface area contributed by atoms with Crippen molar-refractivity contribution in [2.24, 2.45) is 0 Å². The molecule has 10 aromatic rings. The van der Waals surface area contributed by atoms with Gasteiger partial charge in [0.2, 0.25) is 0 Å². The number of nitrogens with zero attached hydrogens (tertiary/aromatic N) is 5. The molecule has 0 N–H and O–H groups in total. The van der Waals surface area contributed by atoms with E-state index in [1.54, 1.807) is 0 Å². The summed E-state index contributed by atoms with van der Waals surface area (Å²) >= 11 is 0. The Hall–Kier alpha value is -8.38. The van der Waals surface area contributed by atoms with Crippen LogP contribution in [0.25, 0.3) is 94.8 Å². The largest absolute Gasteiger partial charge is 0.308 e. The Morgan fingerprint density at radius 3 is 1.43 bits per heavy atom. The number of aromatic nitrogens is 3. The quantitative estimate of drug-likeness (QED) is 0.161. The van der Waals surface area contributed by atoms with Crippen molar-refractivity contribution in [2.45, 2.75) is 13.8 Å². The molecule has 0 fully saturated rings. The molecule has 0 aliphatic carbocycles. The number of hydrogen-bond donors (Lipinski definition) is 0. The van der Waals surface area contributed by atoms with Crippen LogP contribution in [0, 0.1) is 36.5 Å². The van der Waals surface area contributed by atoms with E-state index in [2.05, 4.69) is 134 Å². The van der Waals surface area contributed by atoms with Gasteiger partial charge in [0.25, 0.3) is 0 Å². The first-order valence-corrected chi connectivity index (χ1v) is 20.3. The van der Waals surface area contributed by atoms with E-state index in [1.807, 2.05) is 84.9 Å². The molecule has 0 aliphatic heterocycles. The van der Waals surface area contributed by atoms with Crippen LogP contribution in [0.15, 0.2) is 188 Å². The Morgan fingerprint density at radius 2 is 0.885 bits per heavy atom. The maximum atomic E-state index is 9.85. The van der Waals surface area contributed by atoms with Crippen molar-refractivity contribution >= 4 is 21.8 Å². The Labute approximate surface area is 354 Å². The van der Waals surface area contributed by atoms with Gasteiger partial charge in [0.1, 0.15) is 0 Å². The van der Waals surface area contributed by atoms with Crippen molar-refractivity contribution in [2.75, 3.05) is 0 Å². The van der Waals surface area contributed by atoms with Crippen molar-refractivity contribution in [3.05, 3.63) is 210 Å². The lowest BCUT2D eigenvalue weighted by molar-refractivity contribution is 1.17. The maximum Gasteiger partial charge on any atom is 0.160 e. The number of aryl methyl sites for hydroxylation is 2. The fourth-order valence-electron chi connectivity index (χ4n) is 8.52. The fourth-order valence-corrected chi connectivity index (χ4v) is 8.52. The Kier molecular flexibility index (Phi) is 9.33. The summed E-state index contributed by atoms with van der Waals surface area (Å²) in [7, 11) is 0. The van der Waals surface area contributed by atoms with Crippen LogP contribution in [-0.4, -0.2) is 14.5 Å². The minimum Gasteiger partial charge on any atom is -0.308 e. The molecule has 0 aliphatic rings. The average Bonchev–Trinajstić information content (AvgIpc) is 3.64. The molecule has 61 heavy (non-hydrogen) atoms. The highest BCUT2D eigenvalue weighted by Crippen LogP contribution is 2.44. The van der Waals surface area contributed by atoms with Crippen LogP contribution >= 0.6 is 0 Å². The number of rotatable bonds is 7. The van der Waals surface area contributed by atoms with Gasteiger partial charge in [-0.1, -0.05) is 139 Å². The molecular formula is C56H37N5. The van der Waals surface area contributed by atoms with Gasteiger partial charge in [-0.3, -0.25) is 0 Å². The molecule has 0 saturated carbocycles. The predicted octanol–water partition coefficient (Wildman–Crippen LogP) is 13.9. The van der Waals surface area contributed by atoms with Crippen LogP contribution in [-0.2, 0) is 0 Å². The minimum atomic E-state index is 0.580. The first-order chi connectivity index (χ1) is 29.9. The van der Waals surface area contributed by atoms with Crippen molar-refractivity contribution in [3.8, 4) is 85.1 Å². The summed E-state index contributed by atoms with van der Waals surface area (Å²) in [4.78, 5) is 10.5. The molecule has 2 aromatic heterocycles. The zero-order chi connectivity index (χ0) is 41.5. The van der Waals surface area contributed by atoms with Gasteiger partial charge in [0, 0.05) is 38.6 Å². The third-order valence-electron chi connectivity index (χ3n) is 11.3. The number of para-hydroxylation sites is 1. The molecule has 286 valence electrons. The third kappa shape index (κ3) is 6.91. The number of fused-ring (bicyclic) bond motifs is 3. The van der Waals surface area contributed by atoms with Crippen LogP contribution < -0.4 is 0 Å². The molecule has 0 spiro atoms. The first kappa shape index (κ1) is 36.9. The molecule has 5 heteroatoms. The van der Waals surface area contributed by atoms with E-state index < -0.39 is 0 Å². The lowest BCUT2D eigenvalue weighted by atomic mass is 9.91. The molecule has 0 atom stereocenters. The van der Waals surface area contributed by atoms with E-state index in [0.29, 0.717) is 17.0 Å². The molecule has 10 rings (SSSR count). The zero-order valence-electron chi connectivity index (χ0n) is 33.6. The van der Waals surface area contributed by atoms with Gasteiger partial charge in [-0.15, -0.1) is 0 Å². The van der Waals surface area contributed by atoms with Crippen LogP contribution in [0.1, 0.15) is 22.3 Å². The van der Waals surface area contributed by atoms with Crippen molar-refractivity contribution in [1.29, 1.82) is 10.5 Å². The van der Waals surface area contributed by atoms with Gasteiger partial charge in [0.05, 0.1) is 51.4 Å². The molecule has 0 radical (unpaired) electrons. The minimum absolute atomic E-state index is 0.580. The topological polar surface area (TPSA) is 78.3 Å². The lowest BCUT2D eigenvalue weighted by Crippen LogP contribution is -2.03. The second-order valence-corrected chi connectivity index (χ2v) is 15.5. The van der Waals surface area contributed by atoms with Gasteiger partial charge < -0.3 is 4.57 Å². The lowest BCUT2D eigenvalue weighted by Gasteiger charge is -2.21. The number of hydrogen-bond acceptors (Lipinski definition) is 4. The molecule has 0 amide bonds. The van der Waals surface area contributed by atoms with Gasteiger partial charge in [-0.05, 0) is 96.8 Å². The van der Waals surface area contributed by atoms with E-state index in [9.17, 15) is 10.5 Å². The highest BCUT2D eigenvalue weighted by molar-refractivity contribution is 6.12. The third-order valence-corrected chi connectivity index (χ3v) is 11.3. The average molecular weight is 780 g/mol. The molecule has 8 aromatic carbocycles. The summed E-state index contributed by atoms with van der Waals surface area (Å²) < 4.78 is 2.37. The number of benzene rings is 8. The van der Waals surface area contributed by atoms with E-state index >= 15 is 0 Å². The smallest absolute Gasteiger partial charge is 0.160 e. The molecule has 0 unspecified atom stereocenters. The monoisotopic (exact) mass is 779 g/mol. The SMILES string of the molecule is Cc1cc(C)cc(-c2ccc3c(c2)c2ccccc2n3-c2c(-c3ccc(C#N)cc3)cc(-c3nc(-c4ccccc4)cc(-c4ccccc4)n3)cc2-c2ccc(C#N)cc2)c1. The highest BCUT2D eigenvalue weighted by atomic mass is 15.0. The Balaban J connectivity index is 1.31. The summed E-state index contributed by atoms with van der Waals surface area (Å²) in [5, 5.41) is 22.0. The van der Waals surface area contributed by atoms with Gasteiger partial charge in [-0.2, -0.15) is 10.5 Å². The van der Waals surface area contributed by atoms with Crippen molar-refractivity contribution in [1.82, 2.24) is 14.5 Å². The molecular weight excluding hydrogens is 743 g/mol. The van der Waals surface area contributed by atoms with E-state index in [0.717, 1.165) is 83.4 Å². The number of nitriles is 2. The van der Waals surface area contributed by atoms with Gasteiger partial charge in [0.15, 0.2) is 5.82 Å². The summed E-state index contributed by atoms with van der Waals surface area (Å²) in [5.74, 6) is 0.580. The van der Waals surface area contributed by atoms with Gasteiger partial charge in [-0.25, -0.2) is 9.97 Å². The molecule has 0 bridgehead atoms. The van der Waals surface area contributed by atoms with Crippen LogP contribution in [0.5, 0.6) is 0 Å². The maximum absolute atomic E-state index is 9.85. The molecule has 2 heterocycles. The van der Waals surface area contributed by atoms with E-state index in [4.69, 9.17) is 9.97 Å². The van der Waals surface area contributed by atoms with Crippen LogP contribution in [0.2, 0.25) is 0 Å². The predicted molar refractivity (Wildman–Crippen MR) is 248 cm³/mol. The van der Waals surface area contributed by atoms with E-state index in [-0.39, 0.29) is 0 Å². The summed E-state index contributed by atoms with van der Waals surface area (Å²) in [6, 6.07) is 69.0. The summed E-state index contributed by atoms with van der Waals surface area (Å²) in [6.07, 6.45) is 0. The first-order valence-electron chi connectivity index (χ1n) is 20.3.